The molecule has 0 fully saturated rings. The van der Waals surface area contributed by atoms with Gasteiger partial charge in [-0.25, -0.2) is 22.3 Å². The van der Waals surface area contributed by atoms with Crippen molar-refractivity contribution in [2.45, 2.75) is 25.3 Å². The Labute approximate surface area is 168 Å². The first kappa shape index (κ1) is 20.8. The number of fused-ring (bicyclic) bond motifs is 1. The smallest absolute Gasteiger partial charge is 0.338 e. The molecule has 2 aromatic carbocycles. The third-order valence-electron chi connectivity index (χ3n) is 4.67. The van der Waals surface area contributed by atoms with E-state index in [1.807, 2.05) is 19.9 Å². The average Bonchev–Trinajstić information content (AvgIpc) is 2.67. The first-order chi connectivity index (χ1) is 13.6. The summed E-state index contributed by atoms with van der Waals surface area (Å²) < 4.78 is 35.9. The first-order valence-electron chi connectivity index (χ1n) is 8.83. The van der Waals surface area contributed by atoms with Crippen molar-refractivity contribution >= 4 is 27.0 Å². The molecular formula is C21H21NO6S. The van der Waals surface area contributed by atoms with Crippen LogP contribution in [0.1, 0.15) is 27.0 Å². The number of sulfonamides is 1. The zero-order valence-corrected chi connectivity index (χ0v) is 17.4. The van der Waals surface area contributed by atoms with E-state index in [-0.39, 0.29) is 17.1 Å². The van der Waals surface area contributed by atoms with Crippen molar-refractivity contribution in [2.75, 3.05) is 14.1 Å². The summed E-state index contributed by atoms with van der Waals surface area (Å²) in [5.74, 6) is -0.621. The van der Waals surface area contributed by atoms with Gasteiger partial charge in [-0.05, 0) is 61.4 Å². The molecule has 1 heterocycles. The molecule has 0 unspecified atom stereocenters. The molecule has 0 amide bonds. The van der Waals surface area contributed by atoms with Gasteiger partial charge in [0.1, 0.15) is 12.2 Å². The van der Waals surface area contributed by atoms with Crippen molar-refractivity contribution in [3.05, 3.63) is 75.1 Å². The third kappa shape index (κ3) is 4.23. The van der Waals surface area contributed by atoms with Crippen LogP contribution in [-0.4, -0.2) is 32.8 Å². The highest BCUT2D eigenvalue weighted by Crippen LogP contribution is 2.22. The summed E-state index contributed by atoms with van der Waals surface area (Å²) in [5.41, 5.74) is 2.68. The number of ether oxygens (including phenoxy) is 1. The number of carbonyl (C=O) groups is 1. The molecule has 0 saturated carbocycles. The van der Waals surface area contributed by atoms with Crippen LogP contribution in [-0.2, 0) is 21.4 Å². The largest absolute Gasteiger partial charge is 0.457 e. The zero-order chi connectivity index (χ0) is 21.3. The fourth-order valence-corrected chi connectivity index (χ4v) is 3.70. The Morgan fingerprint density at radius 2 is 1.66 bits per heavy atom. The van der Waals surface area contributed by atoms with Gasteiger partial charge in [0.15, 0.2) is 0 Å². The Balaban J connectivity index is 1.83. The first-order valence-corrected chi connectivity index (χ1v) is 10.3. The van der Waals surface area contributed by atoms with E-state index in [1.165, 1.54) is 44.4 Å². The molecule has 0 saturated heterocycles. The summed E-state index contributed by atoms with van der Waals surface area (Å²) in [6.07, 6.45) is 0. The van der Waals surface area contributed by atoms with Crippen LogP contribution < -0.4 is 5.63 Å². The minimum atomic E-state index is -3.58. The zero-order valence-electron chi connectivity index (χ0n) is 16.6. The van der Waals surface area contributed by atoms with Crippen LogP contribution in [0.15, 0.2) is 56.6 Å². The van der Waals surface area contributed by atoms with Gasteiger partial charge in [-0.15, -0.1) is 0 Å². The SMILES string of the molecule is Cc1cc2oc(=O)cc(COC(=O)c3ccc(S(=O)(=O)N(C)C)cc3)c2cc1C. The minimum Gasteiger partial charge on any atom is -0.457 e. The summed E-state index contributed by atoms with van der Waals surface area (Å²) >= 11 is 0. The normalized spacial score (nSPS) is 11.8. The Hall–Kier alpha value is -2.97. The van der Waals surface area contributed by atoms with Crippen molar-refractivity contribution in [1.29, 1.82) is 0 Å². The standard InChI is InChI=1S/C21H21NO6S/c1-13-9-18-16(11-20(23)28-19(18)10-14(13)2)12-27-21(24)15-5-7-17(8-6-15)29(25,26)22(3)4/h5-11H,12H2,1-4H3. The van der Waals surface area contributed by atoms with Crippen molar-refractivity contribution in [1.82, 2.24) is 4.31 Å². The van der Waals surface area contributed by atoms with Crippen LogP contribution in [0.4, 0.5) is 0 Å². The van der Waals surface area contributed by atoms with Crippen LogP contribution in [0.25, 0.3) is 11.0 Å². The molecule has 152 valence electrons. The van der Waals surface area contributed by atoms with Gasteiger partial charge < -0.3 is 9.15 Å². The molecule has 3 rings (SSSR count). The molecule has 8 heteroatoms. The molecule has 0 bridgehead atoms. The maximum absolute atomic E-state index is 12.4. The summed E-state index contributed by atoms with van der Waals surface area (Å²) in [6, 6.07) is 10.5. The number of hydrogen-bond acceptors (Lipinski definition) is 6. The van der Waals surface area contributed by atoms with E-state index in [0.717, 1.165) is 15.4 Å². The number of benzene rings is 2. The molecule has 0 spiro atoms. The predicted molar refractivity (Wildman–Crippen MR) is 108 cm³/mol. The van der Waals surface area contributed by atoms with Crippen LogP contribution in [0.2, 0.25) is 0 Å². The topological polar surface area (TPSA) is 93.9 Å². The van der Waals surface area contributed by atoms with Crippen molar-refractivity contribution in [3.63, 3.8) is 0 Å². The quantitative estimate of drug-likeness (QED) is 0.470. The van der Waals surface area contributed by atoms with Gasteiger partial charge in [-0.1, -0.05) is 0 Å². The van der Waals surface area contributed by atoms with E-state index in [9.17, 15) is 18.0 Å². The molecule has 0 aliphatic carbocycles. The lowest BCUT2D eigenvalue weighted by atomic mass is 10.0. The average molecular weight is 415 g/mol. The van der Waals surface area contributed by atoms with Crippen molar-refractivity contribution in [2.24, 2.45) is 0 Å². The van der Waals surface area contributed by atoms with Crippen molar-refractivity contribution in [3.8, 4) is 0 Å². The van der Waals surface area contributed by atoms with Crippen LogP contribution in [0.3, 0.4) is 0 Å². The molecule has 0 radical (unpaired) electrons. The third-order valence-corrected chi connectivity index (χ3v) is 6.50. The number of rotatable bonds is 5. The highest BCUT2D eigenvalue weighted by molar-refractivity contribution is 7.89. The molecule has 0 aliphatic heterocycles. The molecule has 7 nitrogen and oxygen atoms in total. The van der Waals surface area contributed by atoms with E-state index >= 15 is 0 Å². The van der Waals surface area contributed by atoms with Crippen LogP contribution in [0, 0.1) is 13.8 Å². The van der Waals surface area contributed by atoms with Crippen LogP contribution >= 0.6 is 0 Å². The Morgan fingerprint density at radius 3 is 2.28 bits per heavy atom. The molecule has 0 atom stereocenters. The lowest BCUT2D eigenvalue weighted by Gasteiger charge is -2.12. The minimum absolute atomic E-state index is 0.0801. The summed E-state index contributed by atoms with van der Waals surface area (Å²) in [5, 5.41) is 0.702. The highest BCUT2D eigenvalue weighted by Gasteiger charge is 2.18. The molecule has 29 heavy (non-hydrogen) atoms. The van der Waals surface area contributed by atoms with E-state index in [1.54, 1.807) is 6.07 Å². The number of hydrogen-bond donors (Lipinski definition) is 0. The van der Waals surface area contributed by atoms with Crippen molar-refractivity contribution < 1.29 is 22.4 Å². The van der Waals surface area contributed by atoms with E-state index < -0.39 is 21.6 Å². The van der Waals surface area contributed by atoms with Gasteiger partial charge in [0, 0.05) is 31.1 Å². The molecule has 1 aromatic heterocycles. The molecule has 0 aliphatic rings. The van der Waals surface area contributed by atoms with E-state index in [2.05, 4.69) is 0 Å². The number of carbonyl (C=O) groups excluding carboxylic acids is 1. The Bertz CT molecular complexity index is 1240. The van der Waals surface area contributed by atoms with Gasteiger partial charge in [0.05, 0.1) is 10.5 Å². The number of esters is 1. The van der Waals surface area contributed by atoms with Gasteiger partial charge in [-0.2, -0.15) is 0 Å². The summed E-state index contributed by atoms with van der Waals surface area (Å²) in [7, 11) is -0.711. The lowest BCUT2D eigenvalue weighted by Crippen LogP contribution is -2.22. The Kier molecular flexibility index (Phi) is 5.59. The second-order valence-electron chi connectivity index (χ2n) is 6.91. The fraction of sp³-hybridized carbons (Fsp3) is 0.238. The van der Waals surface area contributed by atoms with Gasteiger partial charge in [-0.3, -0.25) is 0 Å². The van der Waals surface area contributed by atoms with E-state index in [4.69, 9.17) is 9.15 Å². The van der Waals surface area contributed by atoms with E-state index in [0.29, 0.717) is 16.5 Å². The second kappa shape index (κ2) is 7.81. The molecule has 0 N–H and O–H groups in total. The highest BCUT2D eigenvalue weighted by atomic mass is 32.2. The lowest BCUT2D eigenvalue weighted by molar-refractivity contribution is 0.0473. The molecular weight excluding hydrogens is 394 g/mol. The second-order valence-corrected chi connectivity index (χ2v) is 9.06. The summed E-state index contributed by atoms with van der Waals surface area (Å²) in [4.78, 5) is 24.3. The molecule has 3 aromatic rings. The monoisotopic (exact) mass is 415 g/mol. The van der Waals surface area contributed by atoms with Gasteiger partial charge in [0.2, 0.25) is 10.0 Å². The fourth-order valence-electron chi connectivity index (χ4n) is 2.80. The predicted octanol–water partition coefficient (Wildman–Crippen LogP) is 3.02. The van der Waals surface area contributed by atoms with Gasteiger partial charge >= 0.3 is 11.6 Å². The Morgan fingerprint density at radius 1 is 1.03 bits per heavy atom. The maximum atomic E-state index is 12.4. The maximum Gasteiger partial charge on any atom is 0.338 e. The summed E-state index contributed by atoms with van der Waals surface area (Å²) in [6.45, 7) is 3.75. The number of aryl methyl sites for hydroxylation is 2. The van der Waals surface area contributed by atoms with Gasteiger partial charge in [0.25, 0.3) is 0 Å². The number of nitrogens with zero attached hydrogens (tertiary/aromatic N) is 1. The van der Waals surface area contributed by atoms with Crippen LogP contribution in [0.5, 0.6) is 0 Å².